The van der Waals surface area contributed by atoms with Crippen LogP contribution in [0, 0.1) is 0 Å². The van der Waals surface area contributed by atoms with Crippen LogP contribution in [0.2, 0.25) is 5.15 Å². The molecular weight excluding hydrogens is 310 g/mol. The van der Waals surface area contributed by atoms with E-state index in [0.717, 1.165) is 22.2 Å². The fourth-order valence-electron chi connectivity index (χ4n) is 2.67. The van der Waals surface area contributed by atoms with E-state index in [9.17, 15) is 8.78 Å². The highest BCUT2D eigenvalue weighted by atomic mass is 35.5. The minimum absolute atomic E-state index is 0.279. The maximum absolute atomic E-state index is 13.0. The van der Waals surface area contributed by atoms with E-state index in [-0.39, 0.29) is 18.2 Å². The van der Waals surface area contributed by atoms with Gasteiger partial charge in [-0.15, -0.1) is 0 Å². The first kappa shape index (κ1) is 13.5. The molecule has 4 nitrogen and oxygen atoms in total. The van der Waals surface area contributed by atoms with E-state index in [1.807, 2.05) is 18.3 Å². The van der Waals surface area contributed by atoms with Crippen molar-refractivity contribution in [2.24, 2.45) is 0 Å². The Morgan fingerprint density at radius 1 is 1.27 bits per heavy atom. The monoisotopic (exact) mass is 320 g/mol. The van der Waals surface area contributed by atoms with Crippen LogP contribution < -0.4 is 4.90 Å². The maximum atomic E-state index is 13.0. The SMILES string of the molecule is FC1(F)CN(c2cc(-c3c[nH]c4ncccc34)cc(Cl)n2)C1. The maximum Gasteiger partial charge on any atom is 0.282 e. The fraction of sp³-hybridized carbons (Fsp3) is 0.200. The smallest absolute Gasteiger partial charge is 0.282 e. The summed E-state index contributed by atoms with van der Waals surface area (Å²) in [6.07, 6.45) is 3.54. The zero-order chi connectivity index (χ0) is 15.3. The number of halogens is 3. The number of nitrogens with one attached hydrogen (secondary N) is 1. The molecule has 4 rings (SSSR count). The zero-order valence-electron chi connectivity index (χ0n) is 11.4. The highest BCUT2D eigenvalue weighted by Crippen LogP contribution is 2.35. The molecule has 112 valence electrons. The lowest BCUT2D eigenvalue weighted by Gasteiger charge is -2.39. The van der Waals surface area contributed by atoms with Crippen LogP contribution in [0.15, 0.2) is 36.7 Å². The summed E-state index contributed by atoms with van der Waals surface area (Å²) < 4.78 is 26.1. The lowest BCUT2D eigenvalue weighted by atomic mass is 10.1. The normalized spacial score (nSPS) is 16.8. The molecule has 1 N–H and O–H groups in total. The summed E-state index contributed by atoms with van der Waals surface area (Å²) in [5.41, 5.74) is 2.51. The van der Waals surface area contributed by atoms with E-state index in [1.54, 1.807) is 18.3 Å². The van der Waals surface area contributed by atoms with Gasteiger partial charge in [0.15, 0.2) is 0 Å². The summed E-state index contributed by atoms with van der Waals surface area (Å²) in [6, 6.07) is 7.29. The molecule has 22 heavy (non-hydrogen) atoms. The first-order chi connectivity index (χ1) is 10.5. The van der Waals surface area contributed by atoms with E-state index in [0.29, 0.717) is 5.82 Å². The Morgan fingerprint density at radius 3 is 2.86 bits per heavy atom. The molecule has 4 heterocycles. The van der Waals surface area contributed by atoms with E-state index in [1.165, 1.54) is 4.90 Å². The van der Waals surface area contributed by atoms with Gasteiger partial charge in [-0.05, 0) is 29.8 Å². The Labute approximate surface area is 129 Å². The van der Waals surface area contributed by atoms with Crippen molar-refractivity contribution in [3.8, 4) is 11.1 Å². The van der Waals surface area contributed by atoms with Gasteiger partial charge in [-0.2, -0.15) is 0 Å². The van der Waals surface area contributed by atoms with Crippen molar-refractivity contribution in [1.29, 1.82) is 0 Å². The topological polar surface area (TPSA) is 44.8 Å². The van der Waals surface area contributed by atoms with Crippen molar-refractivity contribution in [2.45, 2.75) is 5.92 Å². The van der Waals surface area contributed by atoms with Crippen molar-refractivity contribution in [3.05, 3.63) is 41.8 Å². The predicted molar refractivity (Wildman–Crippen MR) is 81.5 cm³/mol. The average Bonchev–Trinajstić information content (AvgIpc) is 2.88. The van der Waals surface area contributed by atoms with Crippen LogP contribution >= 0.6 is 11.6 Å². The summed E-state index contributed by atoms with van der Waals surface area (Å²) in [4.78, 5) is 13.0. The number of rotatable bonds is 2. The number of hydrogen-bond acceptors (Lipinski definition) is 3. The molecule has 0 amide bonds. The van der Waals surface area contributed by atoms with E-state index in [4.69, 9.17) is 11.6 Å². The second-order valence-electron chi connectivity index (χ2n) is 5.35. The van der Waals surface area contributed by atoms with Gasteiger partial charge in [0.25, 0.3) is 5.92 Å². The molecule has 0 radical (unpaired) electrons. The molecule has 0 aliphatic carbocycles. The first-order valence-electron chi connectivity index (χ1n) is 6.75. The molecule has 1 fully saturated rings. The summed E-state index contributed by atoms with van der Waals surface area (Å²) in [5, 5.41) is 1.23. The third kappa shape index (κ3) is 2.20. The largest absolute Gasteiger partial charge is 0.346 e. The molecular formula is C15H11ClF2N4. The van der Waals surface area contributed by atoms with Gasteiger partial charge < -0.3 is 9.88 Å². The number of nitrogens with zero attached hydrogens (tertiary/aromatic N) is 3. The molecule has 3 aromatic rings. The van der Waals surface area contributed by atoms with Crippen LogP contribution in [0.25, 0.3) is 22.2 Å². The quantitative estimate of drug-likeness (QED) is 0.732. The second-order valence-corrected chi connectivity index (χ2v) is 5.74. The van der Waals surface area contributed by atoms with Gasteiger partial charge >= 0.3 is 0 Å². The highest BCUT2D eigenvalue weighted by Gasteiger charge is 2.44. The number of alkyl halides is 2. The van der Waals surface area contributed by atoms with Crippen LogP contribution in [-0.2, 0) is 0 Å². The minimum atomic E-state index is -2.64. The van der Waals surface area contributed by atoms with Crippen molar-refractivity contribution < 1.29 is 8.78 Å². The summed E-state index contributed by atoms with van der Waals surface area (Å²) >= 11 is 6.06. The highest BCUT2D eigenvalue weighted by molar-refractivity contribution is 6.29. The van der Waals surface area contributed by atoms with E-state index >= 15 is 0 Å². The van der Waals surface area contributed by atoms with Gasteiger partial charge in [0.2, 0.25) is 0 Å². The minimum Gasteiger partial charge on any atom is -0.346 e. The van der Waals surface area contributed by atoms with Crippen molar-refractivity contribution in [3.63, 3.8) is 0 Å². The first-order valence-corrected chi connectivity index (χ1v) is 7.12. The standard InChI is InChI=1S/C15H11ClF2N4/c16-12-4-9(5-13(21-12)22-7-15(17,18)8-22)11-6-20-14-10(11)2-1-3-19-14/h1-6H,7-8H2,(H,19,20). The molecule has 7 heteroatoms. The predicted octanol–water partition coefficient (Wildman–Crippen LogP) is 3.73. The van der Waals surface area contributed by atoms with Gasteiger partial charge in [0, 0.05) is 23.3 Å². The third-order valence-corrected chi connectivity index (χ3v) is 3.90. The molecule has 1 saturated heterocycles. The summed E-state index contributed by atoms with van der Waals surface area (Å²) in [6.45, 7) is -0.648. The van der Waals surface area contributed by atoms with Crippen molar-refractivity contribution in [1.82, 2.24) is 15.0 Å². The van der Waals surface area contributed by atoms with Crippen molar-refractivity contribution in [2.75, 3.05) is 18.0 Å². The van der Waals surface area contributed by atoms with E-state index < -0.39 is 5.92 Å². The van der Waals surface area contributed by atoms with Gasteiger partial charge in [-0.25, -0.2) is 18.7 Å². The van der Waals surface area contributed by atoms with Crippen LogP contribution in [-0.4, -0.2) is 34.0 Å². The molecule has 0 aromatic carbocycles. The molecule has 0 atom stereocenters. The number of fused-ring (bicyclic) bond motifs is 1. The molecule has 0 spiro atoms. The Morgan fingerprint density at radius 2 is 2.09 bits per heavy atom. The third-order valence-electron chi connectivity index (χ3n) is 3.71. The van der Waals surface area contributed by atoms with Crippen LogP contribution in [0.5, 0.6) is 0 Å². The number of pyridine rings is 2. The molecule has 1 aliphatic rings. The number of anilines is 1. The number of H-pyrrole nitrogens is 1. The van der Waals surface area contributed by atoms with Crippen LogP contribution in [0.4, 0.5) is 14.6 Å². The summed E-state index contributed by atoms with van der Waals surface area (Å²) in [5.74, 6) is -2.18. The van der Waals surface area contributed by atoms with Crippen LogP contribution in [0.3, 0.4) is 0 Å². The Kier molecular flexibility index (Phi) is 2.84. The van der Waals surface area contributed by atoms with Gasteiger partial charge in [-0.1, -0.05) is 11.6 Å². The van der Waals surface area contributed by atoms with Crippen molar-refractivity contribution >= 4 is 28.5 Å². The molecule has 1 aliphatic heterocycles. The molecule has 0 unspecified atom stereocenters. The zero-order valence-corrected chi connectivity index (χ0v) is 12.1. The Hall–Kier alpha value is -2.21. The number of aromatic amines is 1. The molecule has 0 saturated carbocycles. The van der Waals surface area contributed by atoms with Gasteiger partial charge in [-0.3, -0.25) is 0 Å². The molecule has 3 aromatic heterocycles. The lowest BCUT2D eigenvalue weighted by molar-refractivity contribution is -0.0266. The number of hydrogen-bond donors (Lipinski definition) is 1. The lowest BCUT2D eigenvalue weighted by Crippen LogP contribution is -2.56. The van der Waals surface area contributed by atoms with Crippen LogP contribution in [0.1, 0.15) is 0 Å². The average molecular weight is 321 g/mol. The fourth-order valence-corrected chi connectivity index (χ4v) is 2.87. The second kappa shape index (κ2) is 4.64. The Bertz CT molecular complexity index is 854. The summed E-state index contributed by atoms with van der Waals surface area (Å²) in [7, 11) is 0. The van der Waals surface area contributed by atoms with Gasteiger partial charge in [0.1, 0.15) is 16.6 Å². The Balaban J connectivity index is 1.78. The van der Waals surface area contributed by atoms with E-state index in [2.05, 4.69) is 15.0 Å². The van der Waals surface area contributed by atoms with Gasteiger partial charge in [0.05, 0.1) is 13.1 Å². The molecule has 0 bridgehead atoms. The number of aromatic nitrogens is 3.